The van der Waals surface area contributed by atoms with Crippen molar-refractivity contribution in [3.05, 3.63) is 47.7 Å². The molecule has 0 spiro atoms. The highest BCUT2D eigenvalue weighted by molar-refractivity contribution is 7.78. The van der Waals surface area contributed by atoms with Crippen LogP contribution < -0.4 is 0 Å². The number of hydrogen-bond acceptors (Lipinski definition) is 4. The van der Waals surface area contributed by atoms with Crippen molar-refractivity contribution in [3.63, 3.8) is 0 Å². The van der Waals surface area contributed by atoms with Gasteiger partial charge in [0.15, 0.2) is 11.1 Å². The molecule has 0 radical (unpaired) electrons. The van der Waals surface area contributed by atoms with Crippen LogP contribution in [0.1, 0.15) is 16.2 Å². The van der Waals surface area contributed by atoms with E-state index in [0.717, 1.165) is 6.20 Å². The lowest BCUT2D eigenvalue weighted by Gasteiger charge is -2.07. The standard InChI is InChI=1S/C12H9FN2O4S/c13-8-3-1-7(2-4-8)11-9(12(16)17)5-14-10(15-11)6-20(18)19/h1-5H,6H2,(H,16,17)(H,18,19). The Labute approximate surface area is 115 Å². The maximum atomic E-state index is 12.9. The third-order valence-electron chi connectivity index (χ3n) is 2.44. The summed E-state index contributed by atoms with van der Waals surface area (Å²) in [6.45, 7) is 0. The molecule has 1 unspecified atom stereocenters. The Hall–Kier alpha value is -2.19. The highest BCUT2D eigenvalue weighted by Gasteiger charge is 2.16. The van der Waals surface area contributed by atoms with Gasteiger partial charge in [0.1, 0.15) is 23.0 Å². The lowest BCUT2D eigenvalue weighted by Crippen LogP contribution is -2.07. The van der Waals surface area contributed by atoms with Gasteiger partial charge in [-0.1, -0.05) is 0 Å². The number of aromatic carboxylic acids is 1. The van der Waals surface area contributed by atoms with Crippen LogP contribution in [0.2, 0.25) is 0 Å². The van der Waals surface area contributed by atoms with Crippen LogP contribution in [0.25, 0.3) is 11.3 Å². The molecule has 0 aliphatic carbocycles. The van der Waals surface area contributed by atoms with Gasteiger partial charge in [-0.05, 0) is 24.3 Å². The number of benzene rings is 1. The summed E-state index contributed by atoms with van der Waals surface area (Å²) in [7, 11) is 0. The molecule has 104 valence electrons. The first-order valence-corrected chi connectivity index (χ1v) is 6.67. The summed E-state index contributed by atoms with van der Waals surface area (Å²) in [5.41, 5.74) is 0.299. The molecule has 1 heterocycles. The van der Waals surface area contributed by atoms with Crippen molar-refractivity contribution in [2.45, 2.75) is 5.75 Å². The highest BCUT2D eigenvalue weighted by atomic mass is 32.2. The molecule has 0 saturated carbocycles. The van der Waals surface area contributed by atoms with Crippen LogP contribution in [0.4, 0.5) is 4.39 Å². The van der Waals surface area contributed by atoms with Gasteiger partial charge in [-0.15, -0.1) is 0 Å². The number of nitrogens with zero attached hydrogens (tertiary/aromatic N) is 2. The third kappa shape index (κ3) is 3.22. The SMILES string of the molecule is O=C(O)c1cnc(CS(=O)O)nc1-c1ccc(F)cc1. The predicted molar refractivity (Wildman–Crippen MR) is 68.9 cm³/mol. The molecule has 0 saturated heterocycles. The summed E-state index contributed by atoms with van der Waals surface area (Å²) in [5, 5.41) is 9.09. The van der Waals surface area contributed by atoms with Crippen LogP contribution in [0, 0.1) is 5.82 Å². The lowest BCUT2D eigenvalue weighted by atomic mass is 10.1. The molecule has 0 aliphatic heterocycles. The molecule has 1 atom stereocenters. The monoisotopic (exact) mass is 296 g/mol. The normalized spacial score (nSPS) is 12.1. The van der Waals surface area contributed by atoms with E-state index in [9.17, 15) is 13.4 Å². The minimum absolute atomic E-state index is 0.0372. The molecule has 0 fully saturated rings. The molecule has 2 rings (SSSR count). The average molecular weight is 296 g/mol. The zero-order chi connectivity index (χ0) is 14.7. The van der Waals surface area contributed by atoms with Gasteiger partial charge in [0.05, 0.1) is 5.69 Å². The molecule has 0 aliphatic rings. The quantitative estimate of drug-likeness (QED) is 0.833. The van der Waals surface area contributed by atoms with Gasteiger partial charge in [0, 0.05) is 11.8 Å². The van der Waals surface area contributed by atoms with E-state index >= 15 is 0 Å². The van der Waals surface area contributed by atoms with Crippen LogP contribution in [0.3, 0.4) is 0 Å². The van der Waals surface area contributed by atoms with Crippen LogP contribution in [-0.4, -0.2) is 29.8 Å². The van der Waals surface area contributed by atoms with Crippen molar-refractivity contribution < 1.29 is 23.1 Å². The molecule has 1 aromatic heterocycles. The van der Waals surface area contributed by atoms with Crippen molar-refractivity contribution in [2.24, 2.45) is 0 Å². The van der Waals surface area contributed by atoms with E-state index in [0.29, 0.717) is 5.56 Å². The van der Waals surface area contributed by atoms with E-state index in [2.05, 4.69) is 9.97 Å². The first-order chi connectivity index (χ1) is 9.47. The fourth-order valence-electron chi connectivity index (χ4n) is 1.58. The van der Waals surface area contributed by atoms with Crippen LogP contribution in [-0.2, 0) is 16.8 Å². The van der Waals surface area contributed by atoms with Gasteiger partial charge in [-0.25, -0.2) is 23.4 Å². The van der Waals surface area contributed by atoms with E-state index < -0.39 is 22.9 Å². The third-order valence-corrected chi connectivity index (χ3v) is 2.94. The van der Waals surface area contributed by atoms with Gasteiger partial charge in [0.25, 0.3) is 0 Å². The topological polar surface area (TPSA) is 100 Å². The van der Waals surface area contributed by atoms with Crippen molar-refractivity contribution in [1.82, 2.24) is 9.97 Å². The molecule has 2 N–H and O–H groups in total. The van der Waals surface area contributed by atoms with Crippen LogP contribution in [0.5, 0.6) is 0 Å². The summed E-state index contributed by atoms with van der Waals surface area (Å²) in [6, 6.07) is 5.10. The molecule has 8 heteroatoms. The Morgan fingerprint density at radius 2 is 1.95 bits per heavy atom. The molecule has 2 aromatic rings. The average Bonchev–Trinajstić information content (AvgIpc) is 2.38. The van der Waals surface area contributed by atoms with Crippen LogP contribution >= 0.6 is 0 Å². The predicted octanol–water partition coefficient (Wildman–Crippen LogP) is 1.70. The number of aromatic nitrogens is 2. The van der Waals surface area contributed by atoms with Gasteiger partial charge in [0.2, 0.25) is 0 Å². The Kier molecular flexibility index (Phi) is 4.16. The van der Waals surface area contributed by atoms with E-state index in [4.69, 9.17) is 9.66 Å². The molecule has 1 aromatic carbocycles. The molecule has 0 amide bonds. The summed E-state index contributed by atoms with van der Waals surface area (Å²) >= 11 is -2.13. The first-order valence-electron chi connectivity index (χ1n) is 5.40. The second-order valence-electron chi connectivity index (χ2n) is 3.83. The Bertz CT molecular complexity index is 676. The van der Waals surface area contributed by atoms with Crippen molar-refractivity contribution in [1.29, 1.82) is 0 Å². The Morgan fingerprint density at radius 3 is 2.50 bits per heavy atom. The minimum Gasteiger partial charge on any atom is -0.478 e. The number of rotatable bonds is 4. The van der Waals surface area contributed by atoms with E-state index in [1.165, 1.54) is 24.3 Å². The molecule has 6 nitrogen and oxygen atoms in total. The van der Waals surface area contributed by atoms with E-state index in [1.54, 1.807) is 0 Å². The summed E-state index contributed by atoms with van der Waals surface area (Å²) in [5.74, 6) is -1.97. The minimum atomic E-state index is -2.13. The number of carbonyl (C=O) groups is 1. The van der Waals surface area contributed by atoms with Gasteiger partial charge in [-0.3, -0.25) is 0 Å². The van der Waals surface area contributed by atoms with Gasteiger partial charge >= 0.3 is 5.97 Å². The highest BCUT2D eigenvalue weighted by Crippen LogP contribution is 2.22. The largest absolute Gasteiger partial charge is 0.478 e. The molecule has 0 bridgehead atoms. The lowest BCUT2D eigenvalue weighted by molar-refractivity contribution is 0.0697. The van der Waals surface area contributed by atoms with Crippen molar-refractivity contribution in [3.8, 4) is 11.3 Å². The van der Waals surface area contributed by atoms with Crippen LogP contribution in [0.15, 0.2) is 30.5 Å². The fraction of sp³-hybridized carbons (Fsp3) is 0.0833. The fourth-order valence-corrected chi connectivity index (χ4v) is 1.94. The Balaban J connectivity index is 2.54. The Morgan fingerprint density at radius 1 is 1.30 bits per heavy atom. The summed E-state index contributed by atoms with van der Waals surface area (Å²) < 4.78 is 32.4. The summed E-state index contributed by atoms with van der Waals surface area (Å²) in [4.78, 5) is 18.8. The second kappa shape index (κ2) is 5.85. The maximum Gasteiger partial charge on any atom is 0.339 e. The van der Waals surface area contributed by atoms with E-state index in [-0.39, 0.29) is 22.8 Å². The summed E-state index contributed by atoms with van der Waals surface area (Å²) in [6.07, 6.45) is 1.07. The first kappa shape index (κ1) is 14.2. The smallest absolute Gasteiger partial charge is 0.339 e. The molecular weight excluding hydrogens is 287 g/mol. The zero-order valence-electron chi connectivity index (χ0n) is 9.99. The second-order valence-corrected chi connectivity index (χ2v) is 4.76. The van der Waals surface area contributed by atoms with Crippen molar-refractivity contribution >= 4 is 17.0 Å². The van der Waals surface area contributed by atoms with Gasteiger partial charge < -0.3 is 9.66 Å². The molecular formula is C12H9FN2O4S. The zero-order valence-corrected chi connectivity index (χ0v) is 10.8. The van der Waals surface area contributed by atoms with Gasteiger partial charge in [-0.2, -0.15) is 0 Å². The number of carboxylic acids is 1. The number of carboxylic acid groups (broad SMARTS) is 1. The maximum absolute atomic E-state index is 12.9. The molecule has 20 heavy (non-hydrogen) atoms. The van der Waals surface area contributed by atoms with E-state index in [1.807, 2.05) is 0 Å². The number of hydrogen-bond donors (Lipinski definition) is 2. The number of halogens is 1. The van der Waals surface area contributed by atoms with Crippen molar-refractivity contribution in [2.75, 3.05) is 0 Å².